The SMILES string of the molecule is CCC(Br)C(=O)Nc1cc(C(N)=O)cc(C(N)=O)c1. The second-order valence-electron chi connectivity index (χ2n) is 3.89. The Kier molecular flexibility index (Phi) is 5.05. The van der Waals surface area contributed by atoms with Crippen molar-refractivity contribution in [2.24, 2.45) is 11.5 Å². The number of primary amides is 2. The van der Waals surface area contributed by atoms with E-state index in [1.165, 1.54) is 18.2 Å². The van der Waals surface area contributed by atoms with E-state index < -0.39 is 11.8 Å². The monoisotopic (exact) mass is 327 g/mol. The highest BCUT2D eigenvalue weighted by atomic mass is 79.9. The summed E-state index contributed by atoms with van der Waals surface area (Å²) in [7, 11) is 0. The number of nitrogens with one attached hydrogen (secondary N) is 1. The van der Waals surface area contributed by atoms with E-state index in [9.17, 15) is 14.4 Å². The highest BCUT2D eigenvalue weighted by molar-refractivity contribution is 9.10. The van der Waals surface area contributed by atoms with Crippen molar-refractivity contribution in [1.29, 1.82) is 0 Å². The lowest BCUT2D eigenvalue weighted by Crippen LogP contribution is -2.23. The van der Waals surface area contributed by atoms with Crippen LogP contribution in [0.5, 0.6) is 0 Å². The normalized spacial score (nSPS) is 11.7. The van der Waals surface area contributed by atoms with E-state index in [0.717, 1.165) is 0 Å². The Morgan fingerprint density at radius 2 is 1.63 bits per heavy atom. The van der Waals surface area contributed by atoms with Crippen LogP contribution in [0, 0.1) is 0 Å². The molecule has 0 bridgehead atoms. The van der Waals surface area contributed by atoms with Gasteiger partial charge < -0.3 is 16.8 Å². The summed E-state index contributed by atoms with van der Waals surface area (Å²) >= 11 is 3.20. The maximum atomic E-state index is 11.7. The Labute approximate surface area is 118 Å². The maximum absolute atomic E-state index is 11.7. The van der Waals surface area contributed by atoms with Gasteiger partial charge in [0.1, 0.15) is 0 Å². The van der Waals surface area contributed by atoms with Gasteiger partial charge in [0.25, 0.3) is 0 Å². The highest BCUT2D eigenvalue weighted by Crippen LogP contribution is 2.16. The fourth-order valence-electron chi connectivity index (χ4n) is 1.39. The molecular formula is C12H14BrN3O3. The Morgan fingerprint density at radius 3 is 2.00 bits per heavy atom. The van der Waals surface area contributed by atoms with E-state index in [4.69, 9.17) is 11.5 Å². The maximum Gasteiger partial charge on any atom is 0.248 e. The zero-order valence-corrected chi connectivity index (χ0v) is 11.9. The lowest BCUT2D eigenvalue weighted by molar-refractivity contribution is -0.115. The van der Waals surface area contributed by atoms with Crippen molar-refractivity contribution < 1.29 is 14.4 Å². The quantitative estimate of drug-likeness (QED) is 0.700. The van der Waals surface area contributed by atoms with E-state index in [1.54, 1.807) is 0 Å². The van der Waals surface area contributed by atoms with Crippen LogP contribution in [0.3, 0.4) is 0 Å². The Morgan fingerprint density at radius 1 is 1.16 bits per heavy atom. The average Bonchev–Trinajstić information content (AvgIpc) is 2.37. The molecule has 19 heavy (non-hydrogen) atoms. The molecule has 0 radical (unpaired) electrons. The minimum Gasteiger partial charge on any atom is -0.366 e. The molecule has 3 amide bonds. The first-order valence-electron chi connectivity index (χ1n) is 5.54. The summed E-state index contributed by atoms with van der Waals surface area (Å²) < 4.78 is 0. The number of hydrogen-bond donors (Lipinski definition) is 3. The van der Waals surface area contributed by atoms with Crippen LogP contribution in [-0.4, -0.2) is 22.5 Å². The van der Waals surface area contributed by atoms with Gasteiger partial charge in [0.2, 0.25) is 17.7 Å². The van der Waals surface area contributed by atoms with Crippen LogP contribution in [-0.2, 0) is 4.79 Å². The second kappa shape index (κ2) is 6.33. The van der Waals surface area contributed by atoms with Crippen LogP contribution in [0.1, 0.15) is 34.1 Å². The van der Waals surface area contributed by atoms with Gasteiger partial charge in [-0.3, -0.25) is 14.4 Å². The molecule has 0 fully saturated rings. The van der Waals surface area contributed by atoms with Gasteiger partial charge in [0, 0.05) is 16.8 Å². The van der Waals surface area contributed by atoms with Crippen molar-refractivity contribution in [3.8, 4) is 0 Å². The summed E-state index contributed by atoms with van der Waals surface area (Å²) in [5.41, 5.74) is 10.8. The number of amides is 3. The van der Waals surface area contributed by atoms with Crippen molar-refractivity contribution in [3.05, 3.63) is 29.3 Å². The standard InChI is InChI=1S/C12H14BrN3O3/c1-2-9(13)12(19)16-8-4-6(10(14)17)3-7(5-8)11(15)18/h3-5,9H,2H2,1H3,(H2,14,17)(H2,15,18)(H,16,19). The summed E-state index contributed by atoms with van der Waals surface area (Å²) in [4.78, 5) is 33.7. The molecular weight excluding hydrogens is 314 g/mol. The van der Waals surface area contributed by atoms with Crippen molar-refractivity contribution in [1.82, 2.24) is 0 Å². The Bertz CT molecular complexity index is 499. The van der Waals surface area contributed by atoms with Gasteiger partial charge in [-0.25, -0.2) is 0 Å². The predicted octanol–water partition coefficient (Wildman–Crippen LogP) is 0.996. The molecule has 1 aromatic carbocycles. The van der Waals surface area contributed by atoms with Gasteiger partial charge >= 0.3 is 0 Å². The molecule has 1 unspecified atom stereocenters. The van der Waals surface area contributed by atoms with Crippen LogP contribution >= 0.6 is 15.9 Å². The number of carbonyl (C=O) groups is 3. The van der Waals surface area contributed by atoms with E-state index in [2.05, 4.69) is 21.2 Å². The van der Waals surface area contributed by atoms with Gasteiger partial charge in [-0.15, -0.1) is 0 Å². The summed E-state index contributed by atoms with van der Waals surface area (Å²) in [6.07, 6.45) is 0.601. The van der Waals surface area contributed by atoms with Gasteiger partial charge in [0.15, 0.2) is 0 Å². The summed E-state index contributed by atoms with van der Waals surface area (Å²) in [5.74, 6) is -1.69. The lowest BCUT2D eigenvalue weighted by atomic mass is 10.1. The van der Waals surface area contributed by atoms with Crippen LogP contribution in [0.4, 0.5) is 5.69 Å². The van der Waals surface area contributed by atoms with Crippen molar-refractivity contribution >= 4 is 39.3 Å². The van der Waals surface area contributed by atoms with Gasteiger partial charge in [-0.1, -0.05) is 22.9 Å². The fraction of sp³-hybridized carbons (Fsp3) is 0.250. The van der Waals surface area contributed by atoms with E-state index in [0.29, 0.717) is 12.1 Å². The van der Waals surface area contributed by atoms with Crippen molar-refractivity contribution in [2.45, 2.75) is 18.2 Å². The lowest BCUT2D eigenvalue weighted by Gasteiger charge is -2.10. The molecule has 5 N–H and O–H groups in total. The average molecular weight is 328 g/mol. The van der Waals surface area contributed by atoms with Crippen LogP contribution in [0.2, 0.25) is 0 Å². The first kappa shape index (κ1) is 15.2. The molecule has 0 saturated carbocycles. The third-order valence-corrected chi connectivity index (χ3v) is 3.48. The largest absolute Gasteiger partial charge is 0.366 e. The van der Waals surface area contributed by atoms with Crippen molar-refractivity contribution in [3.63, 3.8) is 0 Å². The molecule has 0 aliphatic carbocycles. The Balaban J connectivity index is 3.10. The number of anilines is 1. The van der Waals surface area contributed by atoms with Crippen LogP contribution < -0.4 is 16.8 Å². The molecule has 0 aliphatic heterocycles. The minimum absolute atomic E-state index is 0.106. The molecule has 0 saturated heterocycles. The third kappa shape index (κ3) is 4.06. The smallest absolute Gasteiger partial charge is 0.248 e. The Hall–Kier alpha value is -1.89. The number of carbonyl (C=O) groups excluding carboxylic acids is 3. The molecule has 1 atom stereocenters. The van der Waals surface area contributed by atoms with E-state index in [-0.39, 0.29) is 21.9 Å². The van der Waals surface area contributed by atoms with Gasteiger partial charge in [0.05, 0.1) is 4.83 Å². The minimum atomic E-state index is -0.704. The molecule has 1 aromatic rings. The molecule has 102 valence electrons. The molecule has 0 heterocycles. The number of benzene rings is 1. The van der Waals surface area contributed by atoms with Gasteiger partial charge in [-0.2, -0.15) is 0 Å². The number of nitrogens with two attached hydrogens (primary N) is 2. The summed E-state index contributed by atoms with van der Waals surface area (Å²) in [6.45, 7) is 1.84. The summed E-state index contributed by atoms with van der Waals surface area (Å²) in [5, 5.41) is 2.58. The highest BCUT2D eigenvalue weighted by Gasteiger charge is 2.15. The summed E-state index contributed by atoms with van der Waals surface area (Å²) in [6, 6.07) is 4.07. The second-order valence-corrected chi connectivity index (χ2v) is 5.00. The van der Waals surface area contributed by atoms with Gasteiger partial charge in [-0.05, 0) is 24.6 Å². The predicted molar refractivity (Wildman–Crippen MR) is 75.1 cm³/mol. The number of hydrogen-bond acceptors (Lipinski definition) is 3. The molecule has 7 heteroatoms. The first-order chi connectivity index (χ1) is 8.85. The first-order valence-corrected chi connectivity index (χ1v) is 6.46. The molecule has 0 aliphatic rings. The van der Waals surface area contributed by atoms with Crippen molar-refractivity contribution in [2.75, 3.05) is 5.32 Å². The fourth-order valence-corrected chi connectivity index (χ4v) is 1.50. The van der Waals surface area contributed by atoms with Crippen LogP contribution in [0.15, 0.2) is 18.2 Å². The number of halogens is 1. The number of rotatable bonds is 5. The number of alkyl halides is 1. The van der Waals surface area contributed by atoms with Crippen LogP contribution in [0.25, 0.3) is 0 Å². The molecule has 1 rings (SSSR count). The molecule has 0 aromatic heterocycles. The van der Waals surface area contributed by atoms with E-state index in [1.807, 2.05) is 6.92 Å². The topological polar surface area (TPSA) is 115 Å². The third-order valence-electron chi connectivity index (χ3n) is 2.41. The van der Waals surface area contributed by atoms with E-state index >= 15 is 0 Å². The molecule has 6 nitrogen and oxygen atoms in total. The molecule has 0 spiro atoms. The zero-order chi connectivity index (χ0) is 14.6. The zero-order valence-electron chi connectivity index (χ0n) is 10.3.